The first kappa shape index (κ1) is 12.0. The molecule has 3 aromatic rings. The number of benzene rings is 2. The number of hydrogen-bond acceptors (Lipinski definition) is 6. The van der Waals surface area contributed by atoms with Crippen LogP contribution in [0.4, 0.5) is 0 Å². The highest BCUT2D eigenvalue weighted by Crippen LogP contribution is 2.24. The van der Waals surface area contributed by atoms with Gasteiger partial charge in [-0.3, -0.25) is 0 Å². The molecule has 20 heavy (non-hydrogen) atoms. The third-order valence-corrected chi connectivity index (χ3v) is 2.82. The van der Waals surface area contributed by atoms with E-state index in [-0.39, 0.29) is 10.8 Å². The van der Waals surface area contributed by atoms with E-state index in [4.69, 9.17) is 0 Å². The van der Waals surface area contributed by atoms with E-state index >= 15 is 0 Å². The zero-order chi connectivity index (χ0) is 13.9. The van der Waals surface area contributed by atoms with E-state index in [1.807, 2.05) is 30.3 Å². The molecule has 0 N–H and O–H groups in total. The van der Waals surface area contributed by atoms with Gasteiger partial charge in [0.1, 0.15) is 0 Å². The summed E-state index contributed by atoms with van der Waals surface area (Å²) in [5.41, 5.74) is -0.378. The molecule has 0 aliphatic rings. The molecule has 6 nitrogen and oxygen atoms in total. The maximum atomic E-state index is 12.0. The quantitative estimate of drug-likeness (QED) is 0.633. The van der Waals surface area contributed by atoms with E-state index in [2.05, 4.69) is 18.6 Å². The predicted molar refractivity (Wildman–Crippen MR) is 68.6 cm³/mol. The molecule has 0 radical (unpaired) electrons. The Balaban J connectivity index is 2.54. The monoisotopic (exact) mass is 272 g/mol. The molecule has 2 aromatic carbocycles. The molecular weight excluding hydrogens is 264 g/mol. The van der Waals surface area contributed by atoms with Crippen molar-refractivity contribution in [2.75, 3.05) is 0 Å². The summed E-state index contributed by atoms with van der Waals surface area (Å²) in [6.07, 6.45) is 0. The second-order valence-corrected chi connectivity index (χ2v) is 3.97. The van der Waals surface area contributed by atoms with Crippen LogP contribution in [0.3, 0.4) is 0 Å². The zero-order valence-electron chi connectivity index (χ0n) is 10.1. The summed E-state index contributed by atoms with van der Waals surface area (Å²) in [7, 11) is 0. The van der Waals surface area contributed by atoms with Crippen LogP contribution in [-0.4, -0.2) is 0 Å². The lowest BCUT2D eigenvalue weighted by Gasteiger charge is -2.02. The first-order chi connectivity index (χ1) is 9.77. The number of rotatable bonds is 1. The Bertz CT molecular complexity index is 892. The molecule has 0 bridgehead atoms. The van der Waals surface area contributed by atoms with Gasteiger partial charge in [0.05, 0.1) is 10.8 Å². The van der Waals surface area contributed by atoms with Gasteiger partial charge in [0.25, 0.3) is 0 Å². The van der Waals surface area contributed by atoms with Crippen molar-refractivity contribution in [2.45, 2.75) is 0 Å². The van der Waals surface area contributed by atoms with Crippen LogP contribution in [0.1, 0.15) is 0 Å². The molecule has 100 valence electrons. The van der Waals surface area contributed by atoms with Gasteiger partial charge in [-0.15, -0.1) is 0 Å². The van der Waals surface area contributed by atoms with Crippen LogP contribution >= 0.6 is 0 Å². The van der Waals surface area contributed by atoms with Gasteiger partial charge < -0.3 is 0 Å². The summed E-state index contributed by atoms with van der Waals surface area (Å²) < 4.78 is 16.7. The maximum Gasteiger partial charge on any atom is 0.392 e. The van der Waals surface area contributed by atoms with E-state index < -0.39 is 11.3 Å². The zero-order valence-corrected chi connectivity index (χ0v) is 10.1. The SMILES string of the molecule is O=c1ooooc(=O)c2c(-c3ccccc3)cccc12. The van der Waals surface area contributed by atoms with Crippen molar-refractivity contribution >= 4 is 10.8 Å². The lowest BCUT2D eigenvalue weighted by Crippen LogP contribution is -2.05. The molecule has 0 amide bonds. The summed E-state index contributed by atoms with van der Waals surface area (Å²) in [6, 6.07) is 13.9. The van der Waals surface area contributed by atoms with Crippen LogP contribution in [0, 0.1) is 0 Å². The topological polar surface area (TPSA) is 86.7 Å². The van der Waals surface area contributed by atoms with Crippen molar-refractivity contribution in [3.8, 4) is 11.1 Å². The third kappa shape index (κ3) is 2.03. The number of hydrogen-bond donors (Lipinski definition) is 0. The Morgan fingerprint density at radius 2 is 1.40 bits per heavy atom. The minimum atomic E-state index is -0.838. The molecule has 0 atom stereocenters. The van der Waals surface area contributed by atoms with Gasteiger partial charge in [-0.1, -0.05) is 42.5 Å². The fourth-order valence-corrected chi connectivity index (χ4v) is 1.98. The van der Waals surface area contributed by atoms with E-state index in [0.29, 0.717) is 5.56 Å². The second-order valence-electron chi connectivity index (χ2n) is 3.97. The van der Waals surface area contributed by atoms with E-state index in [1.54, 1.807) is 12.1 Å². The van der Waals surface area contributed by atoms with Crippen molar-refractivity contribution in [1.29, 1.82) is 0 Å². The molecule has 0 spiro atoms. The van der Waals surface area contributed by atoms with Crippen molar-refractivity contribution in [2.24, 2.45) is 0 Å². The highest BCUT2D eigenvalue weighted by Gasteiger charge is 2.11. The van der Waals surface area contributed by atoms with Crippen LogP contribution in [0.15, 0.2) is 76.7 Å². The first-order valence-electron chi connectivity index (χ1n) is 5.72. The molecule has 0 fully saturated rings. The average molecular weight is 272 g/mol. The Kier molecular flexibility index (Phi) is 2.96. The molecule has 0 unspecified atom stereocenters. The maximum absolute atomic E-state index is 12.0. The van der Waals surface area contributed by atoms with Crippen LogP contribution in [0.2, 0.25) is 0 Å². The van der Waals surface area contributed by atoms with Gasteiger partial charge >= 0.3 is 11.3 Å². The normalized spacial score (nSPS) is 10.4. The van der Waals surface area contributed by atoms with Gasteiger partial charge in [-0.05, 0) is 26.7 Å². The van der Waals surface area contributed by atoms with Crippen molar-refractivity contribution in [3.63, 3.8) is 0 Å². The van der Waals surface area contributed by atoms with Crippen LogP contribution in [0.5, 0.6) is 0 Å². The first-order valence-corrected chi connectivity index (χ1v) is 5.72. The molecule has 0 aliphatic heterocycles. The van der Waals surface area contributed by atoms with E-state index in [9.17, 15) is 9.59 Å². The summed E-state index contributed by atoms with van der Waals surface area (Å²) in [5.74, 6) is 0. The lowest BCUT2D eigenvalue weighted by atomic mass is 10.0. The van der Waals surface area contributed by atoms with E-state index in [0.717, 1.165) is 5.56 Å². The van der Waals surface area contributed by atoms with Gasteiger partial charge in [-0.25, -0.2) is 18.7 Å². The highest BCUT2D eigenvalue weighted by atomic mass is 17.4. The van der Waals surface area contributed by atoms with Gasteiger partial charge in [0.2, 0.25) is 0 Å². The molecule has 3 rings (SSSR count). The van der Waals surface area contributed by atoms with E-state index in [1.165, 1.54) is 6.07 Å². The molecule has 0 saturated heterocycles. The van der Waals surface area contributed by atoms with Gasteiger partial charge in [0, 0.05) is 0 Å². The highest BCUT2D eigenvalue weighted by molar-refractivity contribution is 5.94. The molecule has 0 aliphatic carbocycles. The van der Waals surface area contributed by atoms with Crippen molar-refractivity contribution < 1.29 is 18.6 Å². The summed E-state index contributed by atoms with van der Waals surface area (Å²) in [6.45, 7) is 0. The minimum absolute atomic E-state index is 0.0413. The minimum Gasteiger partial charge on any atom is -0.241 e. The Hall–Kier alpha value is -3.02. The fraction of sp³-hybridized carbons (Fsp3) is 0. The van der Waals surface area contributed by atoms with Crippen LogP contribution in [0.25, 0.3) is 21.9 Å². The largest absolute Gasteiger partial charge is 0.392 e. The lowest BCUT2D eigenvalue weighted by molar-refractivity contribution is -0.305. The Labute approximate surface area is 111 Å². The molecular formula is C14H8O6. The Morgan fingerprint density at radius 1 is 0.700 bits per heavy atom. The smallest absolute Gasteiger partial charge is 0.241 e. The average Bonchev–Trinajstić information content (AvgIpc) is 2.50. The fourth-order valence-electron chi connectivity index (χ4n) is 1.98. The van der Waals surface area contributed by atoms with Crippen molar-refractivity contribution in [1.82, 2.24) is 0 Å². The summed E-state index contributed by atoms with van der Waals surface area (Å²) in [4.78, 5) is 23.7. The third-order valence-electron chi connectivity index (χ3n) is 2.82. The predicted octanol–water partition coefficient (Wildman–Crippen LogP) is 2.72. The van der Waals surface area contributed by atoms with Gasteiger partial charge in [-0.2, -0.15) is 0 Å². The summed E-state index contributed by atoms with van der Waals surface area (Å²) in [5, 5.41) is 0.103. The van der Waals surface area contributed by atoms with Crippen LogP contribution < -0.4 is 11.3 Å². The second kappa shape index (κ2) is 4.93. The molecule has 1 aromatic heterocycles. The molecule has 0 saturated carbocycles. The summed E-state index contributed by atoms with van der Waals surface area (Å²) >= 11 is 0. The van der Waals surface area contributed by atoms with Crippen LogP contribution in [-0.2, 0) is 0 Å². The van der Waals surface area contributed by atoms with Gasteiger partial charge in [0.15, 0.2) is 0 Å². The standard InChI is InChI=1S/C14H8O6/c15-13-11-8-4-7-10(9-5-2-1-3-6-9)12(11)14(16)18-20-19-17-13/h1-8H. The molecule has 1 heterocycles. The number of fused-ring (bicyclic) bond motifs is 1. The molecule has 6 heteroatoms. The van der Waals surface area contributed by atoms with Crippen molar-refractivity contribution in [3.05, 3.63) is 69.4 Å². The Morgan fingerprint density at radius 3 is 2.15 bits per heavy atom.